The second-order valence-corrected chi connectivity index (χ2v) is 4.68. The second-order valence-electron chi connectivity index (χ2n) is 3.77. The van der Waals surface area contributed by atoms with Gasteiger partial charge in [0.1, 0.15) is 5.82 Å². The first-order valence-electron chi connectivity index (χ1n) is 5.40. The fourth-order valence-electron chi connectivity index (χ4n) is 1.33. The quantitative estimate of drug-likeness (QED) is 0.819. The minimum Gasteiger partial charge on any atom is -0.322 e. The summed E-state index contributed by atoms with van der Waals surface area (Å²) in [6.45, 7) is 2.20. The van der Waals surface area contributed by atoms with Gasteiger partial charge < -0.3 is 10.6 Å². The summed E-state index contributed by atoms with van der Waals surface area (Å²) in [6, 6.07) is 6.39. The number of para-hydroxylation sites is 1. The maximum atomic E-state index is 13.2. The molecule has 0 aromatic heterocycles. The van der Waals surface area contributed by atoms with E-state index in [1.54, 1.807) is 30.0 Å². The molecule has 0 saturated heterocycles. The first kappa shape index (κ1) is 14.0. The summed E-state index contributed by atoms with van der Waals surface area (Å²) in [4.78, 5) is 11.5. The molecule has 0 aliphatic rings. The number of halogens is 1. The third-order valence-electron chi connectivity index (χ3n) is 2.18. The van der Waals surface area contributed by atoms with Crippen LogP contribution in [0, 0.1) is 5.82 Å². The fraction of sp³-hybridized carbons (Fsp3) is 0.417. The van der Waals surface area contributed by atoms with Gasteiger partial charge in [-0.1, -0.05) is 12.1 Å². The normalized spacial score (nSPS) is 12.2. The van der Waals surface area contributed by atoms with Gasteiger partial charge in [0, 0.05) is 11.8 Å². The van der Waals surface area contributed by atoms with E-state index in [1.807, 2.05) is 13.2 Å². The van der Waals surface area contributed by atoms with Crippen molar-refractivity contribution in [2.75, 3.05) is 23.9 Å². The summed E-state index contributed by atoms with van der Waals surface area (Å²) in [5.74, 6) is 0.286. The Hall–Kier alpha value is -1.07. The van der Waals surface area contributed by atoms with Gasteiger partial charge in [0.05, 0.1) is 12.2 Å². The van der Waals surface area contributed by atoms with Crippen LogP contribution in [0.1, 0.15) is 6.92 Å². The van der Waals surface area contributed by atoms with Crippen LogP contribution in [0.5, 0.6) is 0 Å². The van der Waals surface area contributed by atoms with Crippen molar-refractivity contribution in [3.8, 4) is 0 Å². The van der Waals surface area contributed by atoms with E-state index in [4.69, 9.17) is 0 Å². The van der Waals surface area contributed by atoms with Crippen LogP contribution in [0.3, 0.4) is 0 Å². The Kier molecular flexibility index (Phi) is 6.00. The van der Waals surface area contributed by atoms with Gasteiger partial charge in [0.2, 0.25) is 5.91 Å². The molecule has 3 nitrogen and oxygen atoms in total. The number of rotatable bonds is 6. The summed E-state index contributed by atoms with van der Waals surface area (Å²) >= 11 is 1.71. The predicted molar refractivity (Wildman–Crippen MR) is 70.9 cm³/mol. The highest BCUT2D eigenvalue weighted by atomic mass is 32.2. The number of hydrogen-bond acceptors (Lipinski definition) is 3. The molecule has 1 atom stereocenters. The van der Waals surface area contributed by atoms with Crippen molar-refractivity contribution in [1.82, 2.24) is 5.32 Å². The molecule has 0 spiro atoms. The molecular formula is C12H17FN2OS. The number of benzene rings is 1. The largest absolute Gasteiger partial charge is 0.322 e. The zero-order valence-electron chi connectivity index (χ0n) is 10.00. The predicted octanol–water partition coefficient (Wildman–Crippen LogP) is 2.11. The van der Waals surface area contributed by atoms with Crippen molar-refractivity contribution >= 4 is 23.4 Å². The lowest BCUT2D eigenvalue weighted by Crippen LogP contribution is -2.35. The van der Waals surface area contributed by atoms with E-state index >= 15 is 0 Å². The number of nitrogens with one attached hydrogen (secondary N) is 2. The van der Waals surface area contributed by atoms with Gasteiger partial charge in [-0.15, -0.1) is 0 Å². The number of thioether (sulfide) groups is 1. The van der Waals surface area contributed by atoms with Gasteiger partial charge >= 0.3 is 0 Å². The van der Waals surface area contributed by atoms with E-state index < -0.39 is 5.82 Å². The maximum absolute atomic E-state index is 13.2. The molecule has 1 amide bonds. The molecule has 0 heterocycles. The monoisotopic (exact) mass is 256 g/mol. The molecule has 1 aromatic carbocycles. The Balaban J connectivity index is 2.37. The van der Waals surface area contributed by atoms with Crippen LogP contribution in [-0.4, -0.2) is 30.5 Å². The molecule has 1 unspecified atom stereocenters. The average Bonchev–Trinajstić information content (AvgIpc) is 2.30. The van der Waals surface area contributed by atoms with E-state index in [0.717, 1.165) is 5.75 Å². The Morgan fingerprint density at radius 2 is 2.18 bits per heavy atom. The molecule has 0 saturated carbocycles. The topological polar surface area (TPSA) is 41.1 Å². The molecule has 0 fully saturated rings. The summed E-state index contributed by atoms with van der Waals surface area (Å²) in [6.07, 6.45) is 2.01. The van der Waals surface area contributed by atoms with Crippen LogP contribution in [0.4, 0.5) is 10.1 Å². The van der Waals surface area contributed by atoms with Crippen LogP contribution in [0.25, 0.3) is 0 Å². The summed E-state index contributed by atoms with van der Waals surface area (Å²) in [5.41, 5.74) is 0.219. The van der Waals surface area contributed by atoms with Crippen LogP contribution >= 0.6 is 11.8 Å². The first-order valence-corrected chi connectivity index (χ1v) is 6.79. The zero-order chi connectivity index (χ0) is 12.7. The SMILES string of the molecule is CSCC(C)NCC(=O)Nc1ccccc1F. The van der Waals surface area contributed by atoms with Gasteiger partial charge in [0.15, 0.2) is 0 Å². The molecule has 0 radical (unpaired) electrons. The van der Waals surface area contributed by atoms with Crippen LogP contribution < -0.4 is 10.6 Å². The van der Waals surface area contributed by atoms with Gasteiger partial charge in [-0.3, -0.25) is 4.79 Å². The van der Waals surface area contributed by atoms with E-state index in [2.05, 4.69) is 10.6 Å². The molecule has 17 heavy (non-hydrogen) atoms. The minimum absolute atomic E-state index is 0.191. The Bertz CT molecular complexity index is 373. The third-order valence-corrected chi connectivity index (χ3v) is 3.01. The third kappa shape index (κ3) is 5.19. The smallest absolute Gasteiger partial charge is 0.238 e. The molecule has 0 aliphatic carbocycles. The van der Waals surface area contributed by atoms with Crippen molar-refractivity contribution in [3.63, 3.8) is 0 Å². The molecular weight excluding hydrogens is 239 g/mol. The zero-order valence-corrected chi connectivity index (χ0v) is 10.8. The highest BCUT2D eigenvalue weighted by Gasteiger charge is 2.07. The number of carbonyl (C=O) groups excluding carboxylic acids is 1. The lowest BCUT2D eigenvalue weighted by atomic mass is 10.3. The number of anilines is 1. The van der Waals surface area contributed by atoms with Crippen LogP contribution in [-0.2, 0) is 4.79 Å². The van der Waals surface area contributed by atoms with Crippen molar-refractivity contribution < 1.29 is 9.18 Å². The lowest BCUT2D eigenvalue weighted by Gasteiger charge is -2.12. The van der Waals surface area contributed by atoms with Crippen molar-refractivity contribution in [1.29, 1.82) is 0 Å². The summed E-state index contributed by atoms with van der Waals surface area (Å²) < 4.78 is 13.2. The fourth-order valence-corrected chi connectivity index (χ4v) is 1.95. The van der Waals surface area contributed by atoms with Crippen molar-refractivity contribution in [2.24, 2.45) is 0 Å². The Morgan fingerprint density at radius 3 is 2.82 bits per heavy atom. The van der Waals surface area contributed by atoms with Gasteiger partial charge in [-0.2, -0.15) is 11.8 Å². The van der Waals surface area contributed by atoms with E-state index in [9.17, 15) is 9.18 Å². The molecule has 1 rings (SSSR count). The van der Waals surface area contributed by atoms with Gasteiger partial charge in [-0.05, 0) is 25.3 Å². The molecule has 1 aromatic rings. The van der Waals surface area contributed by atoms with Crippen LogP contribution in [0.15, 0.2) is 24.3 Å². The maximum Gasteiger partial charge on any atom is 0.238 e. The van der Waals surface area contributed by atoms with E-state index in [0.29, 0.717) is 0 Å². The molecule has 2 N–H and O–H groups in total. The number of amides is 1. The van der Waals surface area contributed by atoms with E-state index in [-0.39, 0.29) is 24.2 Å². The average molecular weight is 256 g/mol. The highest BCUT2D eigenvalue weighted by Crippen LogP contribution is 2.11. The standard InChI is InChI=1S/C12H17FN2OS/c1-9(8-17-2)14-7-12(16)15-11-6-4-3-5-10(11)13/h3-6,9,14H,7-8H2,1-2H3,(H,15,16). The molecule has 5 heteroatoms. The second kappa shape index (κ2) is 7.29. The van der Waals surface area contributed by atoms with Gasteiger partial charge in [-0.25, -0.2) is 4.39 Å². The summed E-state index contributed by atoms with van der Waals surface area (Å²) in [5, 5.41) is 5.59. The van der Waals surface area contributed by atoms with Crippen LogP contribution in [0.2, 0.25) is 0 Å². The Morgan fingerprint density at radius 1 is 1.47 bits per heavy atom. The van der Waals surface area contributed by atoms with E-state index in [1.165, 1.54) is 6.07 Å². The summed E-state index contributed by atoms with van der Waals surface area (Å²) in [7, 11) is 0. The molecule has 94 valence electrons. The lowest BCUT2D eigenvalue weighted by molar-refractivity contribution is -0.115. The highest BCUT2D eigenvalue weighted by molar-refractivity contribution is 7.98. The minimum atomic E-state index is -0.419. The number of hydrogen-bond donors (Lipinski definition) is 2. The Labute approximate surface area is 105 Å². The van der Waals surface area contributed by atoms with Crippen molar-refractivity contribution in [2.45, 2.75) is 13.0 Å². The van der Waals surface area contributed by atoms with Gasteiger partial charge in [0.25, 0.3) is 0 Å². The molecule has 0 bridgehead atoms. The first-order chi connectivity index (χ1) is 8.13. The van der Waals surface area contributed by atoms with Crippen molar-refractivity contribution in [3.05, 3.63) is 30.1 Å². The number of carbonyl (C=O) groups is 1. The molecule has 0 aliphatic heterocycles.